The molecule has 2 aromatic rings. The Morgan fingerprint density at radius 2 is 0.875 bits per heavy atom. The molecular formula is C20H22N2O8S2. The van der Waals surface area contributed by atoms with Crippen molar-refractivity contribution >= 4 is 20.0 Å². The molecule has 0 N–H and O–H groups in total. The standard InChI is InChI=1S/C20H22N2O8S2/c23-31(24,15-1-3-17-19(13-15)29-11-9-27-17)21-5-7-22(8-6-21)32(25,26)16-2-4-18-20(14-16)30-12-10-28-18/h1-4,13-14H,5-12H2. The Labute approximate surface area is 186 Å². The van der Waals surface area contributed by atoms with Gasteiger partial charge in [-0.1, -0.05) is 0 Å². The summed E-state index contributed by atoms with van der Waals surface area (Å²) < 4.78 is 76.8. The summed E-state index contributed by atoms with van der Waals surface area (Å²) in [5.41, 5.74) is 0. The van der Waals surface area contributed by atoms with E-state index in [1.807, 2.05) is 0 Å². The summed E-state index contributed by atoms with van der Waals surface area (Å²) in [4.78, 5) is 0.176. The van der Waals surface area contributed by atoms with E-state index in [9.17, 15) is 16.8 Å². The first-order valence-corrected chi connectivity index (χ1v) is 13.0. The molecule has 2 aromatic carbocycles. The Bertz CT molecular complexity index is 1140. The largest absolute Gasteiger partial charge is 0.486 e. The maximum atomic E-state index is 13.1. The topological polar surface area (TPSA) is 112 Å². The highest BCUT2D eigenvalue weighted by molar-refractivity contribution is 7.89. The van der Waals surface area contributed by atoms with E-state index < -0.39 is 20.0 Å². The maximum Gasteiger partial charge on any atom is 0.243 e. The zero-order valence-electron chi connectivity index (χ0n) is 17.1. The van der Waals surface area contributed by atoms with Crippen LogP contribution in [0.5, 0.6) is 23.0 Å². The van der Waals surface area contributed by atoms with Crippen LogP contribution in [0.3, 0.4) is 0 Å². The Morgan fingerprint density at radius 1 is 0.531 bits per heavy atom. The minimum atomic E-state index is -3.80. The molecule has 0 amide bonds. The average molecular weight is 483 g/mol. The molecule has 1 fully saturated rings. The van der Waals surface area contributed by atoms with Crippen LogP contribution >= 0.6 is 0 Å². The third-order valence-corrected chi connectivity index (χ3v) is 9.29. The van der Waals surface area contributed by atoms with E-state index in [1.54, 1.807) is 12.1 Å². The van der Waals surface area contributed by atoms with Crippen molar-refractivity contribution in [2.24, 2.45) is 0 Å². The van der Waals surface area contributed by atoms with Gasteiger partial charge in [-0.3, -0.25) is 0 Å². The molecule has 5 rings (SSSR count). The van der Waals surface area contributed by atoms with E-state index in [4.69, 9.17) is 18.9 Å². The molecule has 0 aromatic heterocycles. The number of fused-ring (bicyclic) bond motifs is 2. The van der Waals surface area contributed by atoms with Crippen molar-refractivity contribution in [2.75, 3.05) is 52.6 Å². The third-order valence-electron chi connectivity index (χ3n) is 5.50. The molecule has 3 aliphatic heterocycles. The minimum absolute atomic E-state index is 0.0422. The molecule has 0 atom stereocenters. The van der Waals surface area contributed by atoms with Crippen LogP contribution < -0.4 is 18.9 Å². The molecule has 10 nitrogen and oxygen atoms in total. The van der Waals surface area contributed by atoms with Gasteiger partial charge in [-0.25, -0.2) is 16.8 Å². The summed E-state index contributed by atoms with van der Waals surface area (Å²) in [6.45, 7) is 1.71. The van der Waals surface area contributed by atoms with Crippen molar-refractivity contribution in [1.29, 1.82) is 0 Å². The monoisotopic (exact) mass is 482 g/mol. The highest BCUT2D eigenvalue weighted by atomic mass is 32.2. The van der Waals surface area contributed by atoms with Crippen LogP contribution in [0, 0.1) is 0 Å². The fraction of sp³-hybridized carbons (Fsp3) is 0.400. The smallest absolute Gasteiger partial charge is 0.243 e. The lowest BCUT2D eigenvalue weighted by atomic mass is 10.3. The van der Waals surface area contributed by atoms with Gasteiger partial charge in [0.1, 0.15) is 26.4 Å². The van der Waals surface area contributed by atoms with Gasteiger partial charge >= 0.3 is 0 Å². The number of piperazine rings is 1. The van der Waals surface area contributed by atoms with Crippen LogP contribution in [0.1, 0.15) is 0 Å². The lowest BCUT2D eigenvalue weighted by Gasteiger charge is -2.33. The number of benzene rings is 2. The normalized spacial score (nSPS) is 19.5. The van der Waals surface area contributed by atoms with Gasteiger partial charge in [0.15, 0.2) is 23.0 Å². The van der Waals surface area contributed by atoms with Crippen molar-refractivity contribution in [3.05, 3.63) is 36.4 Å². The minimum Gasteiger partial charge on any atom is -0.486 e. The van der Waals surface area contributed by atoms with Crippen LogP contribution in [0.15, 0.2) is 46.2 Å². The summed E-state index contributed by atoms with van der Waals surface area (Å²) >= 11 is 0. The number of sulfonamides is 2. The van der Waals surface area contributed by atoms with Gasteiger partial charge in [-0.2, -0.15) is 8.61 Å². The van der Waals surface area contributed by atoms with Gasteiger partial charge in [-0.05, 0) is 24.3 Å². The fourth-order valence-electron chi connectivity index (χ4n) is 3.82. The number of hydrogen-bond donors (Lipinski definition) is 0. The van der Waals surface area contributed by atoms with Gasteiger partial charge < -0.3 is 18.9 Å². The molecule has 1 saturated heterocycles. The highest BCUT2D eigenvalue weighted by Gasteiger charge is 2.35. The van der Waals surface area contributed by atoms with Crippen molar-refractivity contribution in [3.8, 4) is 23.0 Å². The summed E-state index contributed by atoms with van der Waals surface area (Å²) in [6, 6.07) is 8.99. The second-order valence-corrected chi connectivity index (χ2v) is 11.3. The van der Waals surface area contributed by atoms with Crippen molar-refractivity contribution < 1.29 is 35.8 Å². The van der Waals surface area contributed by atoms with E-state index in [0.29, 0.717) is 49.4 Å². The highest BCUT2D eigenvalue weighted by Crippen LogP contribution is 2.35. The van der Waals surface area contributed by atoms with Crippen molar-refractivity contribution in [3.63, 3.8) is 0 Å². The lowest BCUT2D eigenvalue weighted by molar-refractivity contribution is 0.171. The van der Waals surface area contributed by atoms with Crippen molar-refractivity contribution in [2.45, 2.75) is 9.79 Å². The van der Waals surface area contributed by atoms with Gasteiger partial charge in [0, 0.05) is 38.3 Å². The molecule has 3 heterocycles. The van der Waals surface area contributed by atoms with Crippen LogP contribution in [-0.4, -0.2) is 78.1 Å². The molecule has 0 unspecified atom stereocenters. The summed E-state index contributed by atoms with van der Waals surface area (Å²) in [7, 11) is -7.60. The maximum absolute atomic E-state index is 13.1. The molecule has 12 heteroatoms. The van der Waals surface area contributed by atoms with E-state index in [1.165, 1.54) is 32.9 Å². The molecular weight excluding hydrogens is 460 g/mol. The first kappa shape index (κ1) is 21.3. The average Bonchev–Trinajstić information content (AvgIpc) is 2.83. The third kappa shape index (κ3) is 3.76. The molecule has 172 valence electrons. The van der Waals surface area contributed by atoms with Gasteiger partial charge in [0.05, 0.1) is 9.79 Å². The van der Waals surface area contributed by atoms with Gasteiger partial charge in [0.25, 0.3) is 0 Å². The Kier molecular flexibility index (Phi) is 5.40. The second-order valence-electron chi connectivity index (χ2n) is 7.42. The van der Waals surface area contributed by atoms with Gasteiger partial charge in [0.2, 0.25) is 20.0 Å². The summed E-state index contributed by atoms with van der Waals surface area (Å²) in [6.07, 6.45) is 0. The molecule has 0 spiro atoms. The van der Waals surface area contributed by atoms with E-state index in [-0.39, 0.29) is 36.0 Å². The molecule has 3 aliphatic rings. The Morgan fingerprint density at radius 3 is 1.25 bits per heavy atom. The molecule has 0 aliphatic carbocycles. The van der Waals surface area contributed by atoms with Gasteiger partial charge in [-0.15, -0.1) is 0 Å². The number of rotatable bonds is 4. The fourth-order valence-corrected chi connectivity index (χ4v) is 6.69. The first-order valence-electron chi connectivity index (χ1n) is 10.2. The number of nitrogens with zero attached hydrogens (tertiary/aromatic N) is 2. The Balaban J connectivity index is 1.31. The predicted molar refractivity (Wildman–Crippen MR) is 112 cm³/mol. The number of ether oxygens (including phenoxy) is 4. The quantitative estimate of drug-likeness (QED) is 0.633. The van der Waals surface area contributed by atoms with Crippen LogP contribution in [-0.2, 0) is 20.0 Å². The van der Waals surface area contributed by atoms with Crippen molar-refractivity contribution in [1.82, 2.24) is 8.61 Å². The van der Waals surface area contributed by atoms with E-state index in [2.05, 4.69) is 0 Å². The van der Waals surface area contributed by atoms with Crippen LogP contribution in [0.25, 0.3) is 0 Å². The molecule has 32 heavy (non-hydrogen) atoms. The number of hydrogen-bond acceptors (Lipinski definition) is 8. The molecule has 0 saturated carbocycles. The zero-order chi connectivity index (χ0) is 22.3. The second kappa shape index (κ2) is 8.10. The molecule has 0 radical (unpaired) electrons. The lowest BCUT2D eigenvalue weighted by Crippen LogP contribution is -2.50. The van der Waals surface area contributed by atoms with E-state index in [0.717, 1.165) is 0 Å². The summed E-state index contributed by atoms with van der Waals surface area (Å²) in [5.74, 6) is 1.78. The van der Waals surface area contributed by atoms with Crippen LogP contribution in [0.2, 0.25) is 0 Å². The Hall–Kier alpha value is -2.54. The summed E-state index contributed by atoms with van der Waals surface area (Å²) in [5, 5.41) is 0. The zero-order valence-corrected chi connectivity index (χ0v) is 18.7. The molecule has 0 bridgehead atoms. The van der Waals surface area contributed by atoms with E-state index >= 15 is 0 Å². The predicted octanol–water partition coefficient (Wildman–Crippen LogP) is 0.924. The SMILES string of the molecule is O=S(=O)(c1ccc2c(c1)OCCO2)N1CCN(S(=O)(=O)c2ccc3c(c2)OCCO3)CC1. The first-order chi connectivity index (χ1) is 15.4. The van der Waals surface area contributed by atoms with Crippen LogP contribution in [0.4, 0.5) is 0 Å².